The number of rotatable bonds is 4. The van der Waals surface area contributed by atoms with Crippen molar-refractivity contribution in [3.05, 3.63) is 41.3 Å². The third kappa shape index (κ3) is 5.16. The third-order valence-corrected chi connectivity index (χ3v) is 7.05. The number of nitrogens with zero attached hydrogens (tertiary/aromatic N) is 5. The number of carbonyl (C=O) groups is 1. The molecule has 2 fully saturated rings. The molecule has 0 bridgehead atoms. The highest BCUT2D eigenvalue weighted by molar-refractivity contribution is 5.82. The first-order valence-electron chi connectivity index (χ1n) is 12.8. The monoisotopic (exact) mass is 492 g/mol. The number of fused-ring (bicyclic) bond motifs is 1. The van der Waals surface area contributed by atoms with E-state index < -0.39 is 5.60 Å². The van der Waals surface area contributed by atoms with Crippen molar-refractivity contribution in [2.45, 2.75) is 84.0 Å². The number of amides is 1. The van der Waals surface area contributed by atoms with Crippen molar-refractivity contribution in [3.8, 4) is 5.82 Å². The van der Waals surface area contributed by atoms with E-state index in [1.165, 1.54) is 11.1 Å². The van der Waals surface area contributed by atoms with E-state index in [2.05, 4.69) is 39.4 Å². The molecule has 0 radical (unpaired) electrons. The van der Waals surface area contributed by atoms with Crippen molar-refractivity contribution in [2.75, 3.05) is 18.4 Å². The minimum Gasteiger partial charge on any atom is -0.444 e. The summed E-state index contributed by atoms with van der Waals surface area (Å²) >= 11 is 0. The van der Waals surface area contributed by atoms with Crippen LogP contribution in [0.4, 0.5) is 10.6 Å². The number of piperidine rings is 1. The molecule has 36 heavy (non-hydrogen) atoms. The molecule has 0 spiro atoms. The molecule has 2 aromatic heterocycles. The minimum absolute atomic E-state index is 0.224. The normalized spacial score (nSPS) is 20.9. The summed E-state index contributed by atoms with van der Waals surface area (Å²) in [5.74, 6) is 2.50. The Morgan fingerprint density at radius 2 is 1.83 bits per heavy atom. The highest BCUT2D eigenvalue weighted by Crippen LogP contribution is 2.34. The van der Waals surface area contributed by atoms with E-state index in [9.17, 15) is 9.90 Å². The molecule has 3 aromatic rings. The van der Waals surface area contributed by atoms with Gasteiger partial charge in [0.25, 0.3) is 0 Å². The van der Waals surface area contributed by atoms with E-state index in [1.807, 2.05) is 49.5 Å². The number of benzene rings is 1. The summed E-state index contributed by atoms with van der Waals surface area (Å²) in [5.41, 5.74) is 3.05. The third-order valence-electron chi connectivity index (χ3n) is 7.05. The van der Waals surface area contributed by atoms with Crippen molar-refractivity contribution in [3.63, 3.8) is 0 Å². The smallest absolute Gasteiger partial charge is 0.410 e. The quantitative estimate of drug-likeness (QED) is 0.553. The van der Waals surface area contributed by atoms with Crippen LogP contribution < -0.4 is 5.32 Å². The van der Waals surface area contributed by atoms with Gasteiger partial charge in [-0.05, 0) is 89.5 Å². The van der Waals surface area contributed by atoms with Crippen molar-refractivity contribution >= 4 is 22.8 Å². The minimum atomic E-state index is -0.484. The molecular weight excluding hydrogens is 456 g/mol. The molecule has 9 nitrogen and oxygen atoms in total. The van der Waals surface area contributed by atoms with Crippen LogP contribution in [0, 0.1) is 13.8 Å². The van der Waals surface area contributed by atoms with Gasteiger partial charge < -0.3 is 20.1 Å². The highest BCUT2D eigenvalue weighted by Gasteiger charge is 2.29. The molecule has 0 atom stereocenters. The van der Waals surface area contributed by atoms with Crippen molar-refractivity contribution in [1.82, 2.24) is 24.6 Å². The largest absolute Gasteiger partial charge is 0.444 e. The van der Waals surface area contributed by atoms with Gasteiger partial charge in [0.15, 0.2) is 5.82 Å². The average molecular weight is 493 g/mol. The lowest BCUT2D eigenvalue weighted by atomic mass is 9.86. The molecule has 1 aliphatic carbocycles. The zero-order chi connectivity index (χ0) is 25.6. The second-order valence-corrected chi connectivity index (χ2v) is 11.2. The summed E-state index contributed by atoms with van der Waals surface area (Å²) in [7, 11) is 0. The van der Waals surface area contributed by atoms with Crippen LogP contribution in [0.1, 0.15) is 69.3 Å². The van der Waals surface area contributed by atoms with Crippen molar-refractivity contribution < 1.29 is 14.6 Å². The van der Waals surface area contributed by atoms with E-state index >= 15 is 0 Å². The van der Waals surface area contributed by atoms with Crippen molar-refractivity contribution in [1.29, 1.82) is 0 Å². The number of nitrogens with one attached hydrogen (secondary N) is 1. The van der Waals surface area contributed by atoms with Crippen LogP contribution in [0.25, 0.3) is 16.7 Å². The molecule has 9 heteroatoms. The Morgan fingerprint density at radius 1 is 1.11 bits per heavy atom. The van der Waals surface area contributed by atoms with Crippen LogP contribution in [0.2, 0.25) is 0 Å². The maximum absolute atomic E-state index is 12.5. The number of carbonyl (C=O) groups excluding carboxylic acids is 1. The molecule has 1 saturated heterocycles. The molecule has 2 N–H and O–H groups in total. The molecule has 1 amide bonds. The number of aliphatic hydroxyl groups is 1. The van der Waals surface area contributed by atoms with Crippen LogP contribution in [-0.2, 0) is 4.74 Å². The van der Waals surface area contributed by atoms with E-state index in [-0.39, 0.29) is 18.2 Å². The number of aliphatic hydroxyl groups excluding tert-OH is 1. The summed E-state index contributed by atoms with van der Waals surface area (Å²) in [4.78, 5) is 23.5. The molecule has 1 saturated carbocycles. The SMILES string of the molecule is Cc1nc(N[C@H]2C[C@@H](O)C2)cc(-n2ncc3cc(C)c(C4CCN(C(=O)OC(C)(C)C)CC4)cc32)n1. The van der Waals surface area contributed by atoms with Gasteiger partial charge >= 0.3 is 6.09 Å². The van der Waals surface area contributed by atoms with E-state index in [4.69, 9.17) is 4.74 Å². The number of anilines is 1. The van der Waals surface area contributed by atoms with E-state index in [0.717, 1.165) is 48.2 Å². The van der Waals surface area contributed by atoms with Crippen LogP contribution in [0.15, 0.2) is 24.4 Å². The van der Waals surface area contributed by atoms with E-state index in [1.54, 1.807) is 0 Å². The maximum Gasteiger partial charge on any atom is 0.410 e. The Balaban J connectivity index is 1.37. The first kappa shape index (κ1) is 24.5. The Bertz CT molecular complexity index is 1270. The van der Waals surface area contributed by atoms with Gasteiger partial charge in [-0.2, -0.15) is 5.10 Å². The van der Waals surface area contributed by atoms with Gasteiger partial charge in [-0.1, -0.05) is 0 Å². The Labute approximate surface area is 211 Å². The number of likely N-dealkylation sites (tertiary alicyclic amines) is 1. The number of hydrogen-bond acceptors (Lipinski definition) is 7. The lowest BCUT2D eigenvalue weighted by Gasteiger charge is -2.34. The van der Waals surface area contributed by atoms with Gasteiger partial charge in [-0.25, -0.2) is 19.4 Å². The predicted octanol–water partition coefficient (Wildman–Crippen LogP) is 4.48. The lowest BCUT2D eigenvalue weighted by molar-refractivity contribution is 0.0204. The molecule has 2 aliphatic rings. The molecule has 3 heterocycles. The summed E-state index contributed by atoms with van der Waals surface area (Å²) in [6, 6.07) is 6.58. The van der Waals surface area contributed by atoms with Gasteiger partial charge in [-0.3, -0.25) is 0 Å². The molecule has 1 aliphatic heterocycles. The van der Waals surface area contributed by atoms with Gasteiger partial charge in [0.1, 0.15) is 17.2 Å². The summed E-state index contributed by atoms with van der Waals surface area (Å²) < 4.78 is 7.44. The van der Waals surface area contributed by atoms with Gasteiger partial charge in [0, 0.05) is 30.6 Å². The molecule has 192 valence electrons. The number of hydrogen-bond donors (Lipinski definition) is 2. The highest BCUT2D eigenvalue weighted by atomic mass is 16.6. The Hall–Kier alpha value is -3.20. The predicted molar refractivity (Wildman–Crippen MR) is 139 cm³/mol. The molecule has 5 rings (SSSR count). The van der Waals surface area contributed by atoms with Crippen LogP contribution in [-0.4, -0.2) is 66.7 Å². The van der Waals surface area contributed by atoms with Crippen molar-refractivity contribution in [2.24, 2.45) is 0 Å². The Morgan fingerprint density at radius 3 is 2.50 bits per heavy atom. The van der Waals surface area contributed by atoms with Crippen LogP contribution in [0.3, 0.4) is 0 Å². The zero-order valence-electron chi connectivity index (χ0n) is 21.8. The maximum atomic E-state index is 12.5. The standard InChI is InChI=1S/C27H36N6O3/c1-16-10-19-15-28-33(25-14-24(29-17(2)30-25)31-20-11-21(34)12-20)23(19)13-22(16)18-6-8-32(9-7-18)26(35)36-27(3,4)5/h10,13-15,18,20-21,34H,6-9,11-12H2,1-5H3,(H,29,30,31)/t20-,21+. The lowest BCUT2D eigenvalue weighted by Crippen LogP contribution is -2.41. The second-order valence-electron chi connectivity index (χ2n) is 11.2. The van der Waals surface area contributed by atoms with E-state index in [0.29, 0.717) is 24.8 Å². The fourth-order valence-corrected chi connectivity index (χ4v) is 5.18. The fourth-order valence-electron chi connectivity index (χ4n) is 5.18. The first-order valence-corrected chi connectivity index (χ1v) is 12.8. The Kier molecular flexibility index (Phi) is 6.36. The molecule has 1 aromatic carbocycles. The summed E-state index contributed by atoms with van der Waals surface area (Å²) in [6.07, 6.45) is 4.69. The second kappa shape index (κ2) is 9.35. The number of aromatic nitrogens is 4. The zero-order valence-corrected chi connectivity index (χ0v) is 21.8. The molecule has 0 unspecified atom stereocenters. The number of aryl methyl sites for hydroxylation is 2. The number of ether oxygens (including phenoxy) is 1. The van der Waals surface area contributed by atoms with Gasteiger partial charge in [-0.15, -0.1) is 0 Å². The van der Waals surface area contributed by atoms with Gasteiger partial charge in [0.2, 0.25) is 0 Å². The summed E-state index contributed by atoms with van der Waals surface area (Å²) in [5, 5.41) is 18.7. The summed E-state index contributed by atoms with van der Waals surface area (Å²) in [6.45, 7) is 11.1. The fraction of sp³-hybridized carbons (Fsp3) is 0.556. The first-order chi connectivity index (χ1) is 17.1. The van der Waals surface area contributed by atoms with Crippen LogP contribution in [0.5, 0.6) is 0 Å². The molecular formula is C27H36N6O3. The topological polar surface area (TPSA) is 105 Å². The van der Waals surface area contributed by atoms with Gasteiger partial charge in [0.05, 0.1) is 17.8 Å². The van der Waals surface area contributed by atoms with Crippen LogP contribution >= 0.6 is 0 Å². The average Bonchev–Trinajstić information content (AvgIpc) is 3.19.